The number of rotatable bonds is 3. The Labute approximate surface area is 91.2 Å². The van der Waals surface area contributed by atoms with Gasteiger partial charge in [0.25, 0.3) is 0 Å². The minimum atomic E-state index is 0.974. The number of hydrogen-bond donors (Lipinski definition) is 1. The van der Waals surface area contributed by atoms with Crippen molar-refractivity contribution in [3.05, 3.63) is 48.7 Å². The van der Waals surface area contributed by atoms with E-state index in [4.69, 9.17) is 0 Å². The first-order valence-electron chi connectivity index (χ1n) is 4.43. The molecule has 0 aliphatic heterocycles. The molecule has 0 amide bonds. The lowest BCUT2D eigenvalue weighted by molar-refractivity contribution is 0.566. The Balaban J connectivity index is 3.01. The maximum Gasteiger partial charge on any atom is 0.00645 e. The average molecular weight is 205 g/mol. The quantitative estimate of drug-likeness (QED) is 0.586. The predicted molar refractivity (Wildman–Crippen MR) is 65.6 cm³/mol. The molecule has 0 saturated heterocycles. The van der Waals surface area contributed by atoms with E-state index >= 15 is 0 Å². The van der Waals surface area contributed by atoms with E-state index in [0.29, 0.717) is 0 Å². The summed E-state index contributed by atoms with van der Waals surface area (Å²) in [4.78, 5) is 2.98. The molecule has 0 N–H and O–H groups in total. The second-order valence-electron chi connectivity index (χ2n) is 3.30. The third kappa shape index (κ3) is 2.96. The summed E-state index contributed by atoms with van der Waals surface area (Å²) in [7, 11) is 3.99. The van der Waals surface area contributed by atoms with Crippen molar-refractivity contribution in [2.45, 2.75) is 4.90 Å². The Morgan fingerprint density at radius 3 is 2.29 bits per heavy atom. The van der Waals surface area contributed by atoms with Crippen LogP contribution in [0.5, 0.6) is 0 Å². The first-order valence-corrected chi connectivity index (χ1v) is 4.88. The van der Waals surface area contributed by atoms with Gasteiger partial charge >= 0.3 is 0 Å². The first kappa shape index (κ1) is 10.9. The Morgan fingerprint density at radius 1 is 1.29 bits per heavy atom. The van der Waals surface area contributed by atoms with Crippen molar-refractivity contribution in [1.82, 2.24) is 4.90 Å². The van der Waals surface area contributed by atoms with Gasteiger partial charge in [0.2, 0.25) is 0 Å². The summed E-state index contributed by atoms with van der Waals surface area (Å²) in [6.45, 7) is 3.80. The molecule has 0 radical (unpaired) electrons. The summed E-state index contributed by atoms with van der Waals surface area (Å²) in [6.07, 6.45) is 3.90. The van der Waals surface area contributed by atoms with Crippen LogP contribution >= 0.6 is 12.6 Å². The van der Waals surface area contributed by atoms with Gasteiger partial charge in [0.1, 0.15) is 0 Å². The highest BCUT2D eigenvalue weighted by molar-refractivity contribution is 7.80. The number of nitrogens with zero attached hydrogens (tertiary/aromatic N) is 1. The molecule has 2 heteroatoms. The van der Waals surface area contributed by atoms with Gasteiger partial charge in [-0.1, -0.05) is 24.8 Å². The van der Waals surface area contributed by atoms with Gasteiger partial charge in [-0.05, 0) is 23.3 Å². The lowest BCUT2D eigenvalue weighted by Crippen LogP contribution is -2.01. The highest BCUT2D eigenvalue weighted by atomic mass is 32.1. The van der Waals surface area contributed by atoms with Gasteiger partial charge in [0, 0.05) is 25.2 Å². The van der Waals surface area contributed by atoms with Crippen LogP contribution in [0.15, 0.2) is 48.0 Å². The van der Waals surface area contributed by atoms with Crippen molar-refractivity contribution in [2.24, 2.45) is 0 Å². The molecule has 0 unspecified atom stereocenters. The molecular formula is C12H15NS. The molecule has 0 bridgehead atoms. The number of benzene rings is 1. The molecule has 1 rings (SSSR count). The maximum absolute atomic E-state index is 4.24. The summed E-state index contributed by atoms with van der Waals surface area (Å²) in [5.74, 6) is 0. The van der Waals surface area contributed by atoms with E-state index in [0.717, 1.165) is 16.0 Å². The van der Waals surface area contributed by atoms with Crippen LogP contribution < -0.4 is 0 Å². The predicted octanol–water partition coefficient (Wildman–Crippen LogP) is 3.06. The van der Waals surface area contributed by atoms with Crippen LogP contribution in [0.3, 0.4) is 0 Å². The molecule has 0 aliphatic carbocycles. The van der Waals surface area contributed by atoms with Crippen LogP contribution in [-0.4, -0.2) is 19.0 Å². The third-order valence-corrected chi connectivity index (χ3v) is 2.12. The van der Waals surface area contributed by atoms with E-state index in [1.165, 1.54) is 0 Å². The van der Waals surface area contributed by atoms with Crippen LogP contribution in [0, 0.1) is 0 Å². The van der Waals surface area contributed by atoms with Crippen LogP contribution in [0.4, 0.5) is 0 Å². The summed E-state index contributed by atoms with van der Waals surface area (Å²) in [6, 6.07) is 8.04. The Morgan fingerprint density at radius 2 is 1.86 bits per heavy atom. The zero-order valence-corrected chi connectivity index (χ0v) is 9.46. The van der Waals surface area contributed by atoms with Crippen LogP contribution in [-0.2, 0) is 0 Å². The lowest BCUT2D eigenvalue weighted by Gasteiger charge is -2.09. The molecular weight excluding hydrogens is 190 g/mol. The molecule has 14 heavy (non-hydrogen) atoms. The van der Waals surface area contributed by atoms with Gasteiger partial charge in [-0.25, -0.2) is 0 Å². The minimum absolute atomic E-state index is 0.974. The fourth-order valence-corrected chi connectivity index (χ4v) is 1.33. The van der Waals surface area contributed by atoms with E-state index in [9.17, 15) is 0 Å². The second kappa shape index (κ2) is 4.91. The molecule has 0 aliphatic rings. The van der Waals surface area contributed by atoms with Crippen molar-refractivity contribution < 1.29 is 0 Å². The molecule has 74 valence electrons. The highest BCUT2D eigenvalue weighted by Crippen LogP contribution is 2.17. The summed E-state index contributed by atoms with van der Waals surface area (Å²) < 4.78 is 0. The van der Waals surface area contributed by atoms with Crippen LogP contribution in [0.2, 0.25) is 0 Å². The van der Waals surface area contributed by atoms with E-state index in [-0.39, 0.29) is 0 Å². The van der Waals surface area contributed by atoms with Gasteiger partial charge in [-0.15, -0.1) is 12.6 Å². The summed E-state index contributed by atoms with van der Waals surface area (Å²) >= 11 is 4.24. The van der Waals surface area contributed by atoms with Crippen molar-refractivity contribution >= 4 is 18.2 Å². The molecule has 0 heterocycles. The monoisotopic (exact) mass is 205 g/mol. The smallest absolute Gasteiger partial charge is 0.00645 e. The van der Waals surface area contributed by atoms with E-state index < -0.39 is 0 Å². The van der Waals surface area contributed by atoms with Gasteiger partial charge in [0.15, 0.2) is 0 Å². The van der Waals surface area contributed by atoms with Gasteiger partial charge < -0.3 is 4.90 Å². The number of allylic oxidation sites excluding steroid dienone is 2. The Kier molecular flexibility index (Phi) is 3.84. The molecule has 0 saturated carbocycles. The third-order valence-electron chi connectivity index (χ3n) is 1.82. The zero-order valence-electron chi connectivity index (χ0n) is 8.57. The van der Waals surface area contributed by atoms with E-state index in [1.807, 2.05) is 55.5 Å². The SMILES string of the molecule is C=C/C(=C\N(C)C)c1ccc(S)cc1. The topological polar surface area (TPSA) is 3.24 Å². The summed E-state index contributed by atoms with van der Waals surface area (Å²) in [5.41, 5.74) is 2.27. The Hall–Kier alpha value is -1.15. The van der Waals surface area contributed by atoms with Gasteiger partial charge in [-0.3, -0.25) is 0 Å². The van der Waals surface area contributed by atoms with Crippen molar-refractivity contribution in [1.29, 1.82) is 0 Å². The maximum atomic E-state index is 4.24. The fourth-order valence-electron chi connectivity index (χ4n) is 1.18. The minimum Gasteiger partial charge on any atom is -0.383 e. The largest absolute Gasteiger partial charge is 0.383 e. The first-order chi connectivity index (χ1) is 6.63. The normalized spacial score (nSPS) is 11.2. The van der Waals surface area contributed by atoms with Crippen molar-refractivity contribution in [3.8, 4) is 0 Å². The lowest BCUT2D eigenvalue weighted by atomic mass is 10.1. The van der Waals surface area contributed by atoms with Crippen molar-refractivity contribution in [3.63, 3.8) is 0 Å². The van der Waals surface area contributed by atoms with E-state index in [1.54, 1.807) is 0 Å². The average Bonchev–Trinajstić information content (AvgIpc) is 2.15. The van der Waals surface area contributed by atoms with Crippen LogP contribution in [0.25, 0.3) is 5.57 Å². The van der Waals surface area contributed by atoms with Crippen molar-refractivity contribution in [2.75, 3.05) is 14.1 Å². The van der Waals surface area contributed by atoms with Gasteiger partial charge in [0.05, 0.1) is 0 Å². The summed E-state index contributed by atoms with van der Waals surface area (Å²) in [5, 5.41) is 0. The standard InChI is InChI=1S/C12H15NS/c1-4-10(9-13(2)3)11-5-7-12(14)8-6-11/h4-9,14H,1H2,2-3H3/b10-9+. The fraction of sp³-hybridized carbons (Fsp3) is 0.167. The Bertz CT molecular complexity index is 336. The number of hydrogen-bond acceptors (Lipinski definition) is 2. The second-order valence-corrected chi connectivity index (χ2v) is 3.82. The zero-order chi connectivity index (χ0) is 10.6. The van der Waals surface area contributed by atoms with Crippen LogP contribution in [0.1, 0.15) is 5.56 Å². The van der Waals surface area contributed by atoms with E-state index in [2.05, 4.69) is 19.2 Å². The van der Waals surface area contributed by atoms with Gasteiger partial charge in [-0.2, -0.15) is 0 Å². The molecule has 0 atom stereocenters. The molecule has 0 aromatic heterocycles. The number of thiol groups is 1. The molecule has 0 fully saturated rings. The highest BCUT2D eigenvalue weighted by Gasteiger charge is 1.96. The molecule has 1 nitrogen and oxygen atoms in total. The molecule has 1 aromatic rings. The molecule has 1 aromatic carbocycles. The molecule has 0 spiro atoms.